The van der Waals surface area contributed by atoms with E-state index in [1.165, 1.54) is 12.8 Å². The van der Waals surface area contributed by atoms with E-state index in [1.807, 2.05) is 39.2 Å². The summed E-state index contributed by atoms with van der Waals surface area (Å²) >= 11 is 0. The summed E-state index contributed by atoms with van der Waals surface area (Å²) in [5.74, 6) is 2.32. The third-order valence-corrected chi connectivity index (χ3v) is 3.80. The Balaban J connectivity index is 1.71. The molecule has 6 heteroatoms. The summed E-state index contributed by atoms with van der Waals surface area (Å²) in [5.41, 5.74) is 1.09. The van der Waals surface area contributed by atoms with Crippen LogP contribution in [0.1, 0.15) is 32.3 Å². The molecule has 0 radical (unpaired) electrons. The molecule has 1 heterocycles. The second-order valence-corrected chi connectivity index (χ2v) is 6.51. The molecule has 1 N–H and O–H groups in total. The average Bonchev–Trinajstić information content (AvgIpc) is 3.37. The minimum absolute atomic E-state index is 0.135. The lowest BCUT2D eigenvalue weighted by molar-refractivity contribution is 0.115. The van der Waals surface area contributed by atoms with Gasteiger partial charge in [-0.15, -0.1) is 0 Å². The first kappa shape index (κ1) is 18.5. The summed E-state index contributed by atoms with van der Waals surface area (Å²) in [4.78, 5) is 10.7. The number of aliphatic imine (C=N–C) groups is 1. The molecule has 1 aliphatic rings. The molecule has 0 atom stereocenters. The van der Waals surface area contributed by atoms with Crippen molar-refractivity contribution < 1.29 is 9.47 Å². The number of nitrogens with one attached hydrogen (secondary N) is 1. The van der Waals surface area contributed by atoms with Crippen molar-refractivity contribution in [2.24, 2.45) is 10.9 Å². The number of guanidine groups is 1. The van der Waals surface area contributed by atoms with E-state index in [4.69, 9.17) is 9.47 Å². The van der Waals surface area contributed by atoms with Crippen LogP contribution in [0.2, 0.25) is 0 Å². The van der Waals surface area contributed by atoms with Gasteiger partial charge in [-0.2, -0.15) is 0 Å². The van der Waals surface area contributed by atoms with Gasteiger partial charge in [0.15, 0.2) is 5.96 Å². The number of aromatic nitrogens is 1. The number of ether oxygens (including phenoxy) is 2. The highest BCUT2D eigenvalue weighted by molar-refractivity contribution is 5.79. The lowest BCUT2D eigenvalue weighted by atomic mass is 10.3. The van der Waals surface area contributed by atoms with E-state index in [-0.39, 0.29) is 6.10 Å². The molecule has 0 saturated heterocycles. The van der Waals surface area contributed by atoms with Crippen LogP contribution in [0.25, 0.3) is 0 Å². The zero-order chi connectivity index (χ0) is 17.4. The Morgan fingerprint density at radius 1 is 1.42 bits per heavy atom. The van der Waals surface area contributed by atoms with Gasteiger partial charge in [-0.1, -0.05) is 6.07 Å². The van der Waals surface area contributed by atoms with Gasteiger partial charge in [0.05, 0.1) is 12.7 Å². The standard InChI is InChI=1S/C18H30N4O2/c1-14(2)24-17-8-7-16(11-20-17)12-21-18(19-3)22(4)9-10-23-13-15-5-6-15/h7-8,11,14-15H,5-6,9-10,12-13H2,1-4H3,(H,19,21). The Morgan fingerprint density at radius 2 is 2.21 bits per heavy atom. The van der Waals surface area contributed by atoms with Crippen molar-refractivity contribution in [1.82, 2.24) is 15.2 Å². The van der Waals surface area contributed by atoms with Crippen LogP contribution in [0.15, 0.2) is 23.3 Å². The third-order valence-electron chi connectivity index (χ3n) is 3.80. The highest BCUT2D eigenvalue weighted by Crippen LogP contribution is 2.28. The maximum atomic E-state index is 5.68. The van der Waals surface area contributed by atoms with E-state index >= 15 is 0 Å². The third kappa shape index (κ3) is 6.74. The van der Waals surface area contributed by atoms with E-state index in [9.17, 15) is 0 Å². The van der Waals surface area contributed by atoms with Crippen molar-refractivity contribution in [3.05, 3.63) is 23.9 Å². The zero-order valence-electron chi connectivity index (χ0n) is 15.3. The summed E-state index contributed by atoms with van der Waals surface area (Å²) < 4.78 is 11.2. The molecule has 6 nitrogen and oxygen atoms in total. The van der Waals surface area contributed by atoms with Crippen molar-refractivity contribution >= 4 is 5.96 Å². The fourth-order valence-corrected chi connectivity index (χ4v) is 2.23. The molecule has 0 unspecified atom stereocenters. The van der Waals surface area contributed by atoms with Crippen molar-refractivity contribution in [2.45, 2.75) is 39.3 Å². The van der Waals surface area contributed by atoms with Gasteiger partial charge in [-0.05, 0) is 38.2 Å². The van der Waals surface area contributed by atoms with E-state index in [0.29, 0.717) is 12.4 Å². The van der Waals surface area contributed by atoms with Gasteiger partial charge < -0.3 is 19.7 Å². The fraction of sp³-hybridized carbons (Fsp3) is 0.667. The molecule has 0 bridgehead atoms. The quantitative estimate of drug-likeness (QED) is 0.427. The Bertz CT molecular complexity index is 512. The first-order chi connectivity index (χ1) is 11.6. The first-order valence-corrected chi connectivity index (χ1v) is 8.69. The monoisotopic (exact) mass is 334 g/mol. The van der Waals surface area contributed by atoms with E-state index in [2.05, 4.69) is 20.2 Å². The van der Waals surface area contributed by atoms with Gasteiger partial charge in [0.1, 0.15) is 0 Å². The van der Waals surface area contributed by atoms with Gasteiger partial charge >= 0.3 is 0 Å². The van der Waals surface area contributed by atoms with Crippen molar-refractivity contribution in [1.29, 1.82) is 0 Å². The molecule has 24 heavy (non-hydrogen) atoms. The SMILES string of the molecule is CN=C(NCc1ccc(OC(C)C)nc1)N(C)CCOCC1CC1. The van der Waals surface area contributed by atoms with Crippen molar-refractivity contribution in [3.8, 4) is 5.88 Å². The Labute approximate surface area is 145 Å². The maximum absolute atomic E-state index is 5.68. The molecule has 0 spiro atoms. The average molecular weight is 334 g/mol. The summed E-state index contributed by atoms with van der Waals surface area (Å²) in [6.45, 7) is 7.12. The van der Waals surface area contributed by atoms with Crippen LogP contribution in [-0.4, -0.2) is 55.8 Å². The fourth-order valence-electron chi connectivity index (χ4n) is 2.23. The minimum atomic E-state index is 0.135. The number of hydrogen-bond donors (Lipinski definition) is 1. The number of nitrogens with zero attached hydrogens (tertiary/aromatic N) is 3. The van der Waals surface area contributed by atoms with Crippen LogP contribution in [-0.2, 0) is 11.3 Å². The zero-order valence-corrected chi connectivity index (χ0v) is 15.3. The predicted molar refractivity (Wildman–Crippen MR) is 96.4 cm³/mol. The number of hydrogen-bond acceptors (Lipinski definition) is 4. The highest BCUT2D eigenvalue weighted by atomic mass is 16.5. The van der Waals surface area contributed by atoms with Crippen LogP contribution in [0.4, 0.5) is 0 Å². The Hall–Kier alpha value is -1.82. The Morgan fingerprint density at radius 3 is 2.79 bits per heavy atom. The number of pyridine rings is 1. The lowest BCUT2D eigenvalue weighted by Gasteiger charge is -2.22. The summed E-state index contributed by atoms with van der Waals surface area (Å²) in [5, 5.41) is 3.35. The van der Waals surface area contributed by atoms with E-state index < -0.39 is 0 Å². The maximum Gasteiger partial charge on any atom is 0.213 e. The molecule has 1 aromatic rings. The number of likely N-dealkylation sites (N-methyl/N-ethyl adjacent to an activating group) is 1. The topological polar surface area (TPSA) is 59.0 Å². The van der Waals surface area contributed by atoms with Gasteiger partial charge in [-0.3, -0.25) is 4.99 Å². The summed E-state index contributed by atoms with van der Waals surface area (Å²) in [6.07, 6.45) is 4.62. The van der Waals surface area contributed by atoms with Gasteiger partial charge in [0.2, 0.25) is 5.88 Å². The first-order valence-electron chi connectivity index (χ1n) is 8.69. The molecule has 1 fully saturated rings. The molecule has 1 aliphatic carbocycles. The molecule has 1 saturated carbocycles. The van der Waals surface area contributed by atoms with Gasteiger partial charge in [0.25, 0.3) is 0 Å². The molecule has 0 amide bonds. The van der Waals surface area contributed by atoms with Gasteiger partial charge in [-0.25, -0.2) is 4.98 Å². The lowest BCUT2D eigenvalue weighted by Crippen LogP contribution is -2.40. The molecular weight excluding hydrogens is 304 g/mol. The summed E-state index contributed by atoms with van der Waals surface area (Å²) in [7, 11) is 3.81. The molecule has 0 aromatic carbocycles. The normalized spacial score (nSPS) is 14.8. The van der Waals surface area contributed by atoms with Gasteiger partial charge in [0, 0.05) is 46.1 Å². The molecule has 0 aliphatic heterocycles. The second-order valence-electron chi connectivity index (χ2n) is 6.51. The summed E-state index contributed by atoms with van der Waals surface area (Å²) in [6, 6.07) is 3.92. The highest BCUT2D eigenvalue weighted by Gasteiger charge is 2.21. The van der Waals surface area contributed by atoms with E-state index in [0.717, 1.165) is 37.2 Å². The van der Waals surface area contributed by atoms with Crippen molar-refractivity contribution in [3.63, 3.8) is 0 Å². The molecule has 1 aromatic heterocycles. The van der Waals surface area contributed by atoms with Crippen LogP contribution in [0.3, 0.4) is 0 Å². The number of rotatable bonds is 9. The van der Waals surface area contributed by atoms with E-state index in [1.54, 1.807) is 7.05 Å². The smallest absolute Gasteiger partial charge is 0.213 e. The van der Waals surface area contributed by atoms with Crippen LogP contribution < -0.4 is 10.1 Å². The van der Waals surface area contributed by atoms with Crippen molar-refractivity contribution in [2.75, 3.05) is 33.9 Å². The van der Waals surface area contributed by atoms with Crippen LogP contribution >= 0.6 is 0 Å². The molecule has 134 valence electrons. The molecular formula is C18H30N4O2. The minimum Gasteiger partial charge on any atom is -0.475 e. The second kappa shape index (κ2) is 9.47. The molecule has 2 rings (SSSR count). The predicted octanol–water partition coefficient (Wildman–Crippen LogP) is 2.30. The van der Waals surface area contributed by atoms with Crippen LogP contribution in [0.5, 0.6) is 5.88 Å². The Kier molecular flexibility index (Phi) is 7.31. The van der Waals surface area contributed by atoms with Crippen LogP contribution in [0, 0.1) is 5.92 Å². The largest absolute Gasteiger partial charge is 0.475 e.